The van der Waals surface area contributed by atoms with Gasteiger partial charge in [-0.05, 0) is 39.3 Å². The predicted octanol–water partition coefficient (Wildman–Crippen LogP) is 0.916. The molecule has 0 aromatic rings. The second-order valence-electron chi connectivity index (χ2n) is 3.91. The molecule has 0 aromatic heterocycles. The Hall–Kier alpha value is -0.370. The Kier molecular flexibility index (Phi) is 1.53. The fraction of sp³-hybridized carbons (Fsp3) is 0.889. The van der Waals surface area contributed by atoms with Crippen molar-refractivity contribution in [1.29, 1.82) is 0 Å². The highest BCUT2D eigenvalue weighted by Crippen LogP contribution is 2.48. The molecule has 2 rings (SSSR count). The van der Waals surface area contributed by atoms with E-state index in [9.17, 15) is 4.79 Å². The van der Waals surface area contributed by atoms with Crippen molar-refractivity contribution in [3.8, 4) is 0 Å². The molecule has 1 heterocycles. The van der Waals surface area contributed by atoms with Crippen molar-refractivity contribution in [2.45, 2.75) is 25.8 Å². The summed E-state index contributed by atoms with van der Waals surface area (Å²) in [6, 6.07) is 0.612. The van der Waals surface area contributed by atoms with Crippen molar-refractivity contribution < 1.29 is 4.79 Å². The maximum atomic E-state index is 11.1. The summed E-state index contributed by atoms with van der Waals surface area (Å²) < 4.78 is 0. The number of rotatable bonds is 1. The Morgan fingerprint density at radius 2 is 2.27 bits per heavy atom. The Morgan fingerprint density at radius 1 is 1.55 bits per heavy atom. The maximum absolute atomic E-state index is 11.1. The number of carbonyl (C=O) groups is 1. The standard InChI is InChI=1S/C9H15NO/c1-6(11)8-7-4-3-5-10(2)9(7)8/h7-9H,3-5H2,1-2H3/t7-,8?,9-/m1/s1. The molecule has 0 spiro atoms. The van der Waals surface area contributed by atoms with Crippen molar-refractivity contribution in [3.05, 3.63) is 0 Å². The van der Waals surface area contributed by atoms with Crippen LogP contribution in [0.4, 0.5) is 0 Å². The molecule has 1 unspecified atom stereocenters. The van der Waals surface area contributed by atoms with Crippen LogP contribution in [0.25, 0.3) is 0 Å². The molecule has 2 aliphatic rings. The molecule has 0 amide bonds. The van der Waals surface area contributed by atoms with E-state index in [0.717, 1.165) is 0 Å². The van der Waals surface area contributed by atoms with Crippen molar-refractivity contribution in [1.82, 2.24) is 4.90 Å². The van der Waals surface area contributed by atoms with Gasteiger partial charge in [-0.15, -0.1) is 0 Å². The topological polar surface area (TPSA) is 20.3 Å². The van der Waals surface area contributed by atoms with E-state index in [4.69, 9.17) is 0 Å². The summed E-state index contributed by atoms with van der Waals surface area (Å²) in [7, 11) is 2.14. The summed E-state index contributed by atoms with van der Waals surface area (Å²) in [5.74, 6) is 1.50. The minimum absolute atomic E-state index is 0.391. The lowest BCUT2D eigenvalue weighted by Gasteiger charge is -2.20. The first-order chi connectivity index (χ1) is 5.22. The predicted molar refractivity (Wildman–Crippen MR) is 43.3 cm³/mol. The zero-order chi connectivity index (χ0) is 8.01. The van der Waals surface area contributed by atoms with Crippen LogP contribution in [0.5, 0.6) is 0 Å². The Labute approximate surface area is 67.6 Å². The van der Waals surface area contributed by atoms with E-state index in [-0.39, 0.29) is 0 Å². The fourth-order valence-electron chi connectivity index (χ4n) is 2.57. The number of Topliss-reactive ketones (excluding diaryl/α,β-unsaturated/α-hetero) is 1. The second-order valence-corrected chi connectivity index (χ2v) is 3.91. The molecule has 2 nitrogen and oxygen atoms in total. The van der Waals surface area contributed by atoms with Gasteiger partial charge in [0.05, 0.1) is 0 Å². The van der Waals surface area contributed by atoms with E-state index >= 15 is 0 Å². The molecule has 1 saturated heterocycles. The van der Waals surface area contributed by atoms with Crippen LogP contribution in [0.2, 0.25) is 0 Å². The number of nitrogens with zero attached hydrogens (tertiary/aromatic N) is 1. The van der Waals surface area contributed by atoms with Crippen molar-refractivity contribution in [2.75, 3.05) is 13.6 Å². The largest absolute Gasteiger partial charge is 0.302 e. The van der Waals surface area contributed by atoms with Gasteiger partial charge in [0.25, 0.3) is 0 Å². The van der Waals surface area contributed by atoms with Gasteiger partial charge in [-0.2, -0.15) is 0 Å². The molecule has 2 heteroatoms. The number of piperidine rings is 1. The molecule has 0 radical (unpaired) electrons. The number of fused-ring (bicyclic) bond motifs is 1. The maximum Gasteiger partial charge on any atom is 0.134 e. The number of hydrogen-bond acceptors (Lipinski definition) is 2. The zero-order valence-electron chi connectivity index (χ0n) is 7.21. The van der Waals surface area contributed by atoms with Crippen LogP contribution in [-0.4, -0.2) is 30.3 Å². The minimum atomic E-state index is 0.391. The van der Waals surface area contributed by atoms with E-state index < -0.39 is 0 Å². The van der Waals surface area contributed by atoms with Gasteiger partial charge in [-0.3, -0.25) is 4.79 Å². The van der Waals surface area contributed by atoms with Crippen molar-refractivity contribution in [2.24, 2.45) is 11.8 Å². The van der Waals surface area contributed by atoms with Gasteiger partial charge in [0.1, 0.15) is 5.78 Å². The molecule has 62 valence electrons. The quantitative estimate of drug-likeness (QED) is 0.558. The van der Waals surface area contributed by atoms with Gasteiger partial charge >= 0.3 is 0 Å². The van der Waals surface area contributed by atoms with Crippen LogP contribution in [0.3, 0.4) is 0 Å². The summed E-state index contributed by atoms with van der Waals surface area (Å²) in [6.45, 7) is 2.92. The smallest absolute Gasteiger partial charge is 0.134 e. The van der Waals surface area contributed by atoms with E-state index in [1.165, 1.54) is 19.4 Å². The van der Waals surface area contributed by atoms with Gasteiger partial charge in [-0.1, -0.05) is 0 Å². The zero-order valence-corrected chi connectivity index (χ0v) is 7.21. The average Bonchev–Trinajstić information content (AvgIpc) is 2.62. The SMILES string of the molecule is CC(=O)C1[C@H]2CCCN(C)[C@@H]12. The third-order valence-corrected chi connectivity index (χ3v) is 3.15. The number of ketones is 1. The molecule has 0 aromatic carbocycles. The Balaban J connectivity index is 2.05. The van der Waals surface area contributed by atoms with E-state index in [0.29, 0.717) is 23.7 Å². The third-order valence-electron chi connectivity index (χ3n) is 3.15. The van der Waals surface area contributed by atoms with Gasteiger partial charge in [0.2, 0.25) is 0 Å². The average molecular weight is 153 g/mol. The van der Waals surface area contributed by atoms with Crippen LogP contribution in [0.15, 0.2) is 0 Å². The first-order valence-corrected chi connectivity index (χ1v) is 4.42. The Morgan fingerprint density at radius 3 is 2.82 bits per heavy atom. The van der Waals surface area contributed by atoms with Crippen LogP contribution in [0.1, 0.15) is 19.8 Å². The lowest BCUT2D eigenvalue weighted by Crippen LogP contribution is -2.28. The van der Waals surface area contributed by atoms with Gasteiger partial charge in [0, 0.05) is 12.0 Å². The van der Waals surface area contributed by atoms with Crippen LogP contribution in [-0.2, 0) is 4.79 Å². The molecule has 1 saturated carbocycles. The van der Waals surface area contributed by atoms with Gasteiger partial charge in [-0.25, -0.2) is 0 Å². The first kappa shape index (κ1) is 7.29. The highest BCUT2D eigenvalue weighted by atomic mass is 16.1. The monoisotopic (exact) mass is 153 g/mol. The molecule has 1 aliphatic heterocycles. The second kappa shape index (κ2) is 2.31. The lowest BCUT2D eigenvalue weighted by molar-refractivity contribution is -0.118. The van der Waals surface area contributed by atoms with Gasteiger partial charge < -0.3 is 4.90 Å². The summed E-state index contributed by atoms with van der Waals surface area (Å²) in [6.07, 6.45) is 2.56. The van der Waals surface area contributed by atoms with E-state index in [2.05, 4.69) is 11.9 Å². The summed E-state index contributed by atoms with van der Waals surface area (Å²) in [4.78, 5) is 13.4. The van der Waals surface area contributed by atoms with Crippen LogP contribution >= 0.6 is 0 Å². The molecular formula is C9H15NO. The molecule has 2 fully saturated rings. The van der Waals surface area contributed by atoms with Crippen LogP contribution in [0, 0.1) is 11.8 Å². The molecule has 1 aliphatic carbocycles. The van der Waals surface area contributed by atoms with Crippen LogP contribution < -0.4 is 0 Å². The summed E-state index contributed by atoms with van der Waals surface area (Å²) in [5.41, 5.74) is 0. The van der Waals surface area contributed by atoms with E-state index in [1.54, 1.807) is 6.92 Å². The third kappa shape index (κ3) is 1.00. The lowest BCUT2D eigenvalue weighted by atomic mass is 10.1. The summed E-state index contributed by atoms with van der Waals surface area (Å²) >= 11 is 0. The molecule has 11 heavy (non-hydrogen) atoms. The minimum Gasteiger partial charge on any atom is -0.302 e. The number of hydrogen-bond donors (Lipinski definition) is 0. The fourth-order valence-corrected chi connectivity index (χ4v) is 2.57. The Bertz CT molecular complexity index is 190. The molecule has 0 N–H and O–H groups in total. The van der Waals surface area contributed by atoms with Gasteiger partial charge in [0.15, 0.2) is 0 Å². The number of likely N-dealkylation sites (tertiary alicyclic amines) is 1. The first-order valence-electron chi connectivity index (χ1n) is 4.42. The highest BCUT2D eigenvalue weighted by Gasteiger charge is 2.55. The summed E-state index contributed by atoms with van der Waals surface area (Å²) in [5, 5.41) is 0. The number of carbonyl (C=O) groups excluding carboxylic acids is 1. The molecule has 0 bridgehead atoms. The molecular weight excluding hydrogens is 138 g/mol. The van der Waals surface area contributed by atoms with E-state index in [1.807, 2.05) is 0 Å². The normalized spacial score (nSPS) is 43.3. The van der Waals surface area contributed by atoms with Crippen molar-refractivity contribution >= 4 is 5.78 Å². The van der Waals surface area contributed by atoms with Crippen molar-refractivity contribution in [3.63, 3.8) is 0 Å². The highest BCUT2D eigenvalue weighted by molar-refractivity contribution is 5.82. The molecule has 3 atom stereocenters.